The fraction of sp³-hybridized carbons (Fsp3) is 0.824. The lowest BCUT2D eigenvalue weighted by molar-refractivity contribution is -0.116. The van der Waals surface area contributed by atoms with E-state index in [2.05, 4.69) is 32.7 Å². The molecule has 0 aliphatic heterocycles. The normalized spacial score (nSPS) is 34.1. The monoisotopic (exact) mass is 279 g/mol. The molecule has 0 aromatic carbocycles. The Morgan fingerprint density at radius 1 is 1.40 bits per heavy atom. The summed E-state index contributed by atoms with van der Waals surface area (Å²) < 4.78 is 6.18. The van der Waals surface area contributed by atoms with Gasteiger partial charge in [0.1, 0.15) is 0 Å². The first-order valence-corrected chi connectivity index (χ1v) is 7.93. The minimum atomic E-state index is -0.0896. The summed E-state index contributed by atoms with van der Waals surface area (Å²) in [5.74, 6) is 0.748. The van der Waals surface area contributed by atoms with E-state index >= 15 is 0 Å². The van der Waals surface area contributed by atoms with E-state index in [9.17, 15) is 4.79 Å². The summed E-state index contributed by atoms with van der Waals surface area (Å²) in [6.07, 6.45) is 7.64. The molecule has 0 aromatic rings. The van der Waals surface area contributed by atoms with E-state index in [1.807, 2.05) is 0 Å². The van der Waals surface area contributed by atoms with Crippen molar-refractivity contribution in [3.63, 3.8) is 0 Å². The lowest BCUT2D eigenvalue weighted by Gasteiger charge is -2.39. The molecule has 3 heteroatoms. The molecule has 3 unspecified atom stereocenters. The quantitative estimate of drug-likeness (QED) is 0.573. The van der Waals surface area contributed by atoms with Crippen LogP contribution >= 0.6 is 0 Å². The van der Waals surface area contributed by atoms with Gasteiger partial charge in [0.2, 0.25) is 5.91 Å². The van der Waals surface area contributed by atoms with E-state index in [0.29, 0.717) is 23.5 Å². The van der Waals surface area contributed by atoms with Gasteiger partial charge in [0.15, 0.2) is 0 Å². The second-order valence-corrected chi connectivity index (χ2v) is 7.17. The van der Waals surface area contributed by atoms with Crippen LogP contribution in [0, 0.1) is 16.7 Å². The van der Waals surface area contributed by atoms with Gasteiger partial charge in [-0.1, -0.05) is 27.4 Å². The Bertz CT molecular complexity index is 377. The zero-order valence-corrected chi connectivity index (χ0v) is 13.2. The van der Waals surface area contributed by atoms with Crippen LogP contribution in [0.5, 0.6) is 0 Å². The van der Waals surface area contributed by atoms with Gasteiger partial charge in [-0.15, -0.1) is 0 Å². The largest absolute Gasteiger partial charge is 0.378 e. The summed E-state index contributed by atoms with van der Waals surface area (Å²) in [5, 5.41) is 2.80. The molecule has 0 saturated heterocycles. The van der Waals surface area contributed by atoms with Gasteiger partial charge in [-0.05, 0) is 54.9 Å². The van der Waals surface area contributed by atoms with Crippen LogP contribution in [0.1, 0.15) is 52.9 Å². The fourth-order valence-electron chi connectivity index (χ4n) is 4.12. The van der Waals surface area contributed by atoms with Crippen LogP contribution in [0.25, 0.3) is 0 Å². The molecule has 3 atom stereocenters. The molecule has 0 spiro atoms. The SMILES string of the molecule is C=CC(=O)NCCCCOC1CC2CCC1(C)C2(C)C. The molecule has 1 amide bonds. The van der Waals surface area contributed by atoms with E-state index in [0.717, 1.165) is 25.4 Å². The van der Waals surface area contributed by atoms with Gasteiger partial charge in [-0.3, -0.25) is 4.79 Å². The summed E-state index contributed by atoms with van der Waals surface area (Å²) in [7, 11) is 0. The Kier molecular flexibility index (Phi) is 4.58. The van der Waals surface area contributed by atoms with Gasteiger partial charge in [-0.2, -0.15) is 0 Å². The number of unbranched alkanes of at least 4 members (excludes halogenated alkanes) is 1. The maximum atomic E-state index is 11.0. The Morgan fingerprint density at radius 3 is 2.70 bits per heavy atom. The third-order valence-corrected chi connectivity index (χ3v) is 6.09. The highest BCUT2D eigenvalue weighted by Crippen LogP contribution is 2.66. The highest BCUT2D eigenvalue weighted by atomic mass is 16.5. The van der Waals surface area contributed by atoms with Gasteiger partial charge in [0.05, 0.1) is 6.10 Å². The van der Waals surface area contributed by atoms with Crippen molar-refractivity contribution in [2.24, 2.45) is 16.7 Å². The molecule has 114 valence electrons. The van der Waals surface area contributed by atoms with Crippen LogP contribution < -0.4 is 5.32 Å². The summed E-state index contributed by atoms with van der Waals surface area (Å²) in [6.45, 7) is 12.2. The van der Waals surface area contributed by atoms with E-state index in [1.54, 1.807) is 0 Å². The van der Waals surface area contributed by atoms with Crippen molar-refractivity contribution in [3.8, 4) is 0 Å². The topological polar surface area (TPSA) is 38.3 Å². The molecule has 1 N–H and O–H groups in total. The summed E-state index contributed by atoms with van der Waals surface area (Å²) >= 11 is 0. The molecule has 2 aliphatic rings. The number of carbonyl (C=O) groups excluding carboxylic acids is 1. The van der Waals surface area contributed by atoms with Gasteiger partial charge in [0, 0.05) is 13.2 Å². The lowest BCUT2D eigenvalue weighted by atomic mass is 9.70. The predicted molar refractivity (Wildman–Crippen MR) is 81.4 cm³/mol. The summed E-state index contributed by atoms with van der Waals surface area (Å²) in [6, 6.07) is 0. The number of hydrogen-bond acceptors (Lipinski definition) is 2. The molecule has 3 nitrogen and oxygen atoms in total. The fourth-order valence-corrected chi connectivity index (χ4v) is 4.12. The molecular formula is C17H29NO2. The molecule has 2 saturated carbocycles. The number of nitrogens with one attached hydrogen (secondary N) is 1. The molecule has 0 aromatic heterocycles. The van der Waals surface area contributed by atoms with Gasteiger partial charge in [-0.25, -0.2) is 0 Å². The molecule has 2 bridgehead atoms. The molecule has 0 radical (unpaired) electrons. The Balaban J connectivity index is 1.66. The van der Waals surface area contributed by atoms with E-state index in [-0.39, 0.29) is 5.91 Å². The lowest BCUT2D eigenvalue weighted by Crippen LogP contribution is -2.37. The summed E-state index contributed by atoms with van der Waals surface area (Å²) in [5.41, 5.74) is 0.782. The molecule has 20 heavy (non-hydrogen) atoms. The maximum absolute atomic E-state index is 11.0. The molecule has 2 rings (SSSR count). The van der Waals surface area contributed by atoms with Gasteiger partial charge < -0.3 is 10.1 Å². The van der Waals surface area contributed by atoms with E-state index in [1.165, 1.54) is 25.3 Å². The second kappa shape index (κ2) is 5.88. The van der Waals surface area contributed by atoms with Crippen LogP contribution in [0.2, 0.25) is 0 Å². The first kappa shape index (κ1) is 15.6. The third-order valence-electron chi connectivity index (χ3n) is 6.09. The highest BCUT2D eigenvalue weighted by molar-refractivity contribution is 5.86. The average molecular weight is 279 g/mol. The minimum absolute atomic E-state index is 0.0896. The smallest absolute Gasteiger partial charge is 0.243 e. The van der Waals surface area contributed by atoms with Crippen LogP contribution in [0.3, 0.4) is 0 Å². The zero-order chi connectivity index (χ0) is 14.8. The predicted octanol–water partition coefficient (Wildman–Crippen LogP) is 3.30. The van der Waals surface area contributed by atoms with Crippen molar-refractivity contribution in [1.82, 2.24) is 5.32 Å². The number of rotatable bonds is 7. The van der Waals surface area contributed by atoms with Crippen molar-refractivity contribution in [2.45, 2.75) is 59.0 Å². The third kappa shape index (κ3) is 2.65. The first-order chi connectivity index (χ1) is 9.41. The Hall–Kier alpha value is -0.830. The van der Waals surface area contributed by atoms with Gasteiger partial charge in [0.25, 0.3) is 0 Å². The maximum Gasteiger partial charge on any atom is 0.243 e. The van der Waals surface area contributed by atoms with Crippen molar-refractivity contribution in [3.05, 3.63) is 12.7 Å². The number of carbonyl (C=O) groups is 1. The van der Waals surface area contributed by atoms with Crippen LogP contribution in [0.4, 0.5) is 0 Å². The van der Waals surface area contributed by atoms with Crippen LogP contribution in [-0.2, 0) is 9.53 Å². The molecule has 2 aliphatic carbocycles. The van der Waals surface area contributed by atoms with Crippen LogP contribution in [0.15, 0.2) is 12.7 Å². The highest BCUT2D eigenvalue weighted by Gasteiger charge is 2.61. The number of ether oxygens (including phenoxy) is 1. The first-order valence-electron chi connectivity index (χ1n) is 7.93. The number of hydrogen-bond donors (Lipinski definition) is 1. The number of fused-ring (bicyclic) bond motifs is 2. The average Bonchev–Trinajstić information content (AvgIpc) is 2.75. The second-order valence-electron chi connectivity index (χ2n) is 7.17. The van der Waals surface area contributed by atoms with E-state index in [4.69, 9.17) is 4.74 Å². The standard InChI is InChI=1S/C17H29NO2/c1-5-15(19)18-10-6-7-11-20-14-12-13-8-9-17(14,4)16(13,2)3/h5,13-14H,1,6-12H2,2-4H3,(H,18,19). The summed E-state index contributed by atoms with van der Waals surface area (Å²) in [4.78, 5) is 11.0. The number of amides is 1. The Labute approximate surface area is 123 Å². The van der Waals surface area contributed by atoms with Crippen LogP contribution in [-0.4, -0.2) is 25.2 Å². The molecular weight excluding hydrogens is 250 g/mol. The Morgan fingerprint density at radius 2 is 2.15 bits per heavy atom. The van der Waals surface area contributed by atoms with Crippen molar-refractivity contribution >= 4 is 5.91 Å². The molecule has 2 fully saturated rings. The van der Waals surface area contributed by atoms with Crippen molar-refractivity contribution < 1.29 is 9.53 Å². The van der Waals surface area contributed by atoms with Crippen molar-refractivity contribution in [2.75, 3.05) is 13.2 Å². The van der Waals surface area contributed by atoms with Crippen molar-refractivity contribution in [1.29, 1.82) is 0 Å². The zero-order valence-electron chi connectivity index (χ0n) is 13.2. The van der Waals surface area contributed by atoms with Gasteiger partial charge >= 0.3 is 0 Å². The van der Waals surface area contributed by atoms with E-state index < -0.39 is 0 Å². The minimum Gasteiger partial charge on any atom is -0.378 e. The molecule has 0 heterocycles.